The molecule has 0 aromatic heterocycles. The highest BCUT2D eigenvalue weighted by molar-refractivity contribution is 6.31. The van der Waals surface area contributed by atoms with Crippen molar-refractivity contribution in [1.29, 1.82) is 0 Å². The molecule has 0 amide bonds. The van der Waals surface area contributed by atoms with E-state index in [1.807, 2.05) is 31.3 Å². The first kappa shape index (κ1) is 12.7. The first-order valence-corrected chi connectivity index (χ1v) is 5.91. The van der Waals surface area contributed by atoms with Crippen LogP contribution in [0.15, 0.2) is 42.5 Å². The molecule has 0 spiro atoms. The van der Waals surface area contributed by atoms with Crippen LogP contribution in [0.5, 0.6) is 5.75 Å². The van der Waals surface area contributed by atoms with Crippen LogP contribution in [0.2, 0.25) is 5.02 Å². The molecular formula is C14H13ClFNO. The highest BCUT2D eigenvalue weighted by Crippen LogP contribution is 2.21. The average Bonchev–Trinajstić information content (AvgIpc) is 2.38. The molecule has 0 fully saturated rings. The quantitative estimate of drug-likeness (QED) is 0.899. The first-order chi connectivity index (χ1) is 8.69. The molecule has 2 rings (SSSR count). The highest BCUT2D eigenvalue weighted by Gasteiger charge is 2.03. The van der Waals surface area contributed by atoms with Gasteiger partial charge in [-0.3, -0.25) is 0 Å². The zero-order valence-electron chi connectivity index (χ0n) is 9.91. The van der Waals surface area contributed by atoms with Gasteiger partial charge in [-0.25, -0.2) is 4.39 Å². The number of ether oxygens (including phenoxy) is 1. The Morgan fingerprint density at radius 1 is 1.17 bits per heavy atom. The number of hydrogen-bond donors (Lipinski definition) is 1. The number of benzene rings is 2. The minimum Gasteiger partial charge on any atom is -0.489 e. The molecule has 0 aliphatic rings. The second-order valence-corrected chi connectivity index (χ2v) is 4.21. The van der Waals surface area contributed by atoms with Crippen molar-refractivity contribution in [3.8, 4) is 5.75 Å². The molecule has 0 radical (unpaired) electrons. The molecule has 0 saturated heterocycles. The lowest BCUT2D eigenvalue weighted by molar-refractivity contribution is 0.306. The highest BCUT2D eigenvalue weighted by atomic mass is 35.5. The number of rotatable bonds is 4. The first-order valence-electron chi connectivity index (χ1n) is 5.53. The SMILES string of the molecule is CNc1ccc(OCc2ccc(F)cc2Cl)cc1. The van der Waals surface area contributed by atoms with Gasteiger partial charge in [0.25, 0.3) is 0 Å². The summed E-state index contributed by atoms with van der Waals surface area (Å²) in [5.41, 5.74) is 1.78. The molecule has 0 saturated carbocycles. The summed E-state index contributed by atoms with van der Waals surface area (Å²) in [6.07, 6.45) is 0. The standard InChI is InChI=1S/C14H13ClFNO/c1-17-12-4-6-13(7-5-12)18-9-10-2-3-11(16)8-14(10)15/h2-8,17H,9H2,1H3. The predicted molar refractivity (Wildman–Crippen MR) is 71.7 cm³/mol. The summed E-state index contributed by atoms with van der Waals surface area (Å²) in [7, 11) is 1.86. The zero-order chi connectivity index (χ0) is 13.0. The summed E-state index contributed by atoms with van der Waals surface area (Å²) in [6, 6.07) is 11.8. The third-order valence-electron chi connectivity index (χ3n) is 2.55. The van der Waals surface area contributed by atoms with Gasteiger partial charge in [0.15, 0.2) is 0 Å². The molecule has 0 unspecified atom stereocenters. The normalized spacial score (nSPS) is 10.2. The molecule has 0 atom stereocenters. The van der Waals surface area contributed by atoms with E-state index in [0.29, 0.717) is 11.6 Å². The number of anilines is 1. The number of hydrogen-bond acceptors (Lipinski definition) is 2. The Morgan fingerprint density at radius 3 is 2.50 bits per heavy atom. The summed E-state index contributed by atoms with van der Waals surface area (Å²) >= 11 is 5.91. The van der Waals surface area contributed by atoms with E-state index < -0.39 is 0 Å². The lowest BCUT2D eigenvalue weighted by atomic mass is 10.2. The van der Waals surface area contributed by atoms with Crippen molar-refractivity contribution in [1.82, 2.24) is 0 Å². The molecule has 0 heterocycles. The van der Waals surface area contributed by atoms with Gasteiger partial charge >= 0.3 is 0 Å². The van der Waals surface area contributed by atoms with Crippen molar-refractivity contribution in [2.24, 2.45) is 0 Å². The summed E-state index contributed by atoms with van der Waals surface area (Å²) in [4.78, 5) is 0. The van der Waals surface area contributed by atoms with Crippen LogP contribution in [0, 0.1) is 5.82 Å². The molecule has 18 heavy (non-hydrogen) atoms. The Balaban J connectivity index is 2.02. The summed E-state index contributed by atoms with van der Waals surface area (Å²) in [5, 5.41) is 3.40. The fraction of sp³-hybridized carbons (Fsp3) is 0.143. The molecule has 0 aliphatic heterocycles. The molecule has 2 aromatic rings. The minimum absolute atomic E-state index is 0.317. The minimum atomic E-state index is -0.345. The molecule has 1 N–H and O–H groups in total. The smallest absolute Gasteiger partial charge is 0.124 e. The van der Waals surface area contributed by atoms with Crippen molar-refractivity contribution in [2.75, 3.05) is 12.4 Å². The van der Waals surface area contributed by atoms with Crippen molar-refractivity contribution in [3.05, 3.63) is 58.9 Å². The van der Waals surface area contributed by atoms with Gasteiger partial charge in [-0.2, -0.15) is 0 Å². The van der Waals surface area contributed by atoms with Gasteiger partial charge in [0.2, 0.25) is 0 Å². The summed E-state index contributed by atoms with van der Waals surface area (Å²) in [5.74, 6) is 0.400. The van der Waals surface area contributed by atoms with Gasteiger partial charge in [-0.15, -0.1) is 0 Å². The third kappa shape index (κ3) is 3.14. The Morgan fingerprint density at radius 2 is 1.89 bits per heavy atom. The molecule has 4 heteroatoms. The van der Waals surface area contributed by atoms with Gasteiger partial charge < -0.3 is 10.1 Å². The van der Waals surface area contributed by atoms with Crippen molar-refractivity contribution < 1.29 is 9.13 Å². The van der Waals surface area contributed by atoms with Crippen LogP contribution in [0.4, 0.5) is 10.1 Å². The predicted octanol–water partition coefficient (Wildman–Crippen LogP) is 4.10. The van der Waals surface area contributed by atoms with Crippen molar-refractivity contribution >= 4 is 17.3 Å². The van der Waals surface area contributed by atoms with Gasteiger partial charge in [0.1, 0.15) is 18.2 Å². The van der Waals surface area contributed by atoms with E-state index >= 15 is 0 Å². The van der Waals surface area contributed by atoms with Crippen LogP contribution < -0.4 is 10.1 Å². The van der Waals surface area contributed by atoms with Crippen LogP contribution in [-0.4, -0.2) is 7.05 Å². The van der Waals surface area contributed by atoms with Crippen LogP contribution >= 0.6 is 11.6 Å². The van der Waals surface area contributed by atoms with Gasteiger partial charge in [0.05, 0.1) is 5.02 Å². The average molecular weight is 266 g/mol. The molecule has 2 nitrogen and oxygen atoms in total. The Kier molecular flexibility index (Phi) is 4.05. The van der Waals surface area contributed by atoms with Crippen LogP contribution in [0.3, 0.4) is 0 Å². The molecule has 2 aromatic carbocycles. The maximum atomic E-state index is 12.9. The van der Waals surface area contributed by atoms with E-state index in [9.17, 15) is 4.39 Å². The van der Waals surface area contributed by atoms with E-state index in [1.54, 1.807) is 6.07 Å². The maximum absolute atomic E-state index is 12.9. The van der Waals surface area contributed by atoms with Gasteiger partial charge in [-0.05, 0) is 36.4 Å². The molecule has 0 aliphatic carbocycles. The van der Waals surface area contributed by atoms with Crippen LogP contribution in [0.1, 0.15) is 5.56 Å². The van der Waals surface area contributed by atoms with Gasteiger partial charge in [-0.1, -0.05) is 17.7 Å². The van der Waals surface area contributed by atoms with E-state index in [0.717, 1.165) is 17.0 Å². The molecule has 0 bridgehead atoms. The lowest BCUT2D eigenvalue weighted by Crippen LogP contribution is -1.97. The topological polar surface area (TPSA) is 21.3 Å². The second kappa shape index (κ2) is 5.74. The second-order valence-electron chi connectivity index (χ2n) is 3.80. The number of nitrogens with one attached hydrogen (secondary N) is 1. The maximum Gasteiger partial charge on any atom is 0.124 e. The van der Waals surface area contributed by atoms with E-state index in [2.05, 4.69) is 5.32 Å². The third-order valence-corrected chi connectivity index (χ3v) is 2.90. The van der Waals surface area contributed by atoms with Crippen molar-refractivity contribution in [3.63, 3.8) is 0 Å². The van der Waals surface area contributed by atoms with Crippen molar-refractivity contribution in [2.45, 2.75) is 6.61 Å². The molecule has 94 valence electrons. The lowest BCUT2D eigenvalue weighted by Gasteiger charge is -2.08. The zero-order valence-corrected chi connectivity index (χ0v) is 10.7. The Bertz CT molecular complexity index is 528. The number of halogens is 2. The fourth-order valence-electron chi connectivity index (χ4n) is 1.52. The van der Waals surface area contributed by atoms with E-state index in [-0.39, 0.29) is 5.82 Å². The van der Waals surface area contributed by atoms with Crippen LogP contribution in [-0.2, 0) is 6.61 Å². The summed E-state index contributed by atoms with van der Waals surface area (Å²) < 4.78 is 18.4. The Hall–Kier alpha value is -1.74. The molecular weight excluding hydrogens is 253 g/mol. The van der Waals surface area contributed by atoms with Crippen LogP contribution in [0.25, 0.3) is 0 Å². The summed E-state index contributed by atoms with van der Waals surface area (Å²) in [6.45, 7) is 0.317. The van der Waals surface area contributed by atoms with E-state index in [4.69, 9.17) is 16.3 Å². The largest absolute Gasteiger partial charge is 0.489 e. The Labute approximate surface area is 110 Å². The van der Waals surface area contributed by atoms with Gasteiger partial charge in [0, 0.05) is 18.3 Å². The fourth-order valence-corrected chi connectivity index (χ4v) is 1.74. The van der Waals surface area contributed by atoms with E-state index in [1.165, 1.54) is 12.1 Å². The monoisotopic (exact) mass is 265 g/mol.